The lowest BCUT2D eigenvalue weighted by atomic mass is 9.67. The first-order valence-electron chi connectivity index (χ1n) is 39.9. The van der Waals surface area contributed by atoms with Gasteiger partial charge < -0.3 is 0 Å². The van der Waals surface area contributed by atoms with Crippen molar-refractivity contribution in [1.82, 2.24) is 24.5 Å². The molecule has 0 aliphatic heterocycles. The second kappa shape index (κ2) is 26.2. The summed E-state index contributed by atoms with van der Waals surface area (Å²) >= 11 is 6.98. The molecule has 0 radical (unpaired) electrons. The summed E-state index contributed by atoms with van der Waals surface area (Å²) in [7, 11) is 0. The van der Waals surface area contributed by atoms with E-state index in [1.54, 1.807) is 0 Å². The largest absolute Gasteiger partial charge is 0.292 e. The van der Waals surface area contributed by atoms with Crippen molar-refractivity contribution in [3.8, 4) is 84.2 Å². The molecule has 24 rings (SSSR count). The van der Waals surface area contributed by atoms with Crippen LogP contribution in [0.25, 0.3) is 128 Å². The van der Waals surface area contributed by atoms with Crippen LogP contribution in [-0.4, -0.2) is 24.5 Å². The van der Waals surface area contributed by atoms with E-state index in [0.717, 1.165) is 74.0 Å². The van der Waals surface area contributed by atoms with Gasteiger partial charge in [-0.3, -0.25) is 4.57 Å². The number of halogens is 1. The fraction of sp³-hybridized carbons (Fsp3) is 0.0826. The first-order valence-corrected chi connectivity index (χ1v) is 40.3. The van der Waals surface area contributed by atoms with E-state index in [1.807, 2.05) is 0 Å². The molecule has 3 heterocycles. The van der Waals surface area contributed by atoms with E-state index < -0.39 is 10.8 Å². The van der Waals surface area contributed by atoms with E-state index >= 15 is 0 Å². The van der Waals surface area contributed by atoms with Crippen molar-refractivity contribution < 1.29 is 0 Å². The average Bonchev–Trinajstić information content (AvgIpc) is 1.55. The number of hydrogen-bond donors (Lipinski definition) is 0. The molecular weight excluding hydrogens is 1410 g/mol. The van der Waals surface area contributed by atoms with Crippen molar-refractivity contribution in [2.45, 2.75) is 55.8 Å². The van der Waals surface area contributed by atoms with Crippen LogP contribution in [0.15, 0.2) is 376 Å². The van der Waals surface area contributed by atoms with E-state index in [4.69, 9.17) is 31.5 Å². The number of nitrogens with zero attached hydrogens (tertiary/aromatic N) is 5. The first-order chi connectivity index (χ1) is 56.5. The SMILES string of the molecule is CC1(C)c2ccccc2-c2nc(-c3ccc4c(c3)C(c3ccccc3)(c3ccccc3)c3ccccc3-4)c(-n3c4ccccc4c4cc5ccccc5cc43)nc21.CC1(C)c2ccccc2-c2nc(-c3ccc4c(c3)C(c3ccccc3)(c3ccccc3)c3ccccc3-4)c(Cl)nc21.c1ccc2c(c1)Cc1cc3ccccc3cc1-2. The van der Waals surface area contributed by atoms with Gasteiger partial charge in [-0.05, 0) is 165 Å². The number of para-hydroxylation sites is 1. The number of hydrogen-bond acceptors (Lipinski definition) is 4. The van der Waals surface area contributed by atoms with Crippen molar-refractivity contribution in [3.63, 3.8) is 0 Å². The summed E-state index contributed by atoms with van der Waals surface area (Å²) in [5.41, 5.74) is 33.6. The second-order valence-electron chi connectivity index (χ2n) is 32.3. The van der Waals surface area contributed by atoms with Crippen LogP contribution in [0, 0.1) is 0 Å². The molecule has 0 saturated heterocycles. The standard InChI is InChI=1S/C54H37N3.C38H27ClN2.C17H12/c1-53(2)44-26-14-12-25-42(44)50-51(53)56-52(57-47-28-16-13-24-41(47)43-31-34-17-9-10-18-35(34)33-48(43)57)49(55-50)36-29-30-40-39-23-11-15-27-45(39)54(46(40)32-36,37-19-5-3-6-20-37)38-21-7-4-8-22-38;1-37(2)30-19-11-10-18-29(30)34-35(37)41-36(39)33(40-34)24-21-22-28-27-17-9-12-20-31(27)38(32(28)23-24,25-13-5-3-6-14-25)26-15-7-4-8-16-26;1-2-6-13-11-17-15(9-12(13)5-1)10-14-7-3-4-8-16(14)17/h3-33H,1-2H3;3-23H,1-2H3;1-9,11H,10H2. The zero-order valence-corrected chi connectivity index (χ0v) is 64.9. The van der Waals surface area contributed by atoms with Crippen LogP contribution in [-0.2, 0) is 28.1 Å². The Hall–Kier alpha value is -13.7. The van der Waals surface area contributed by atoms with Crippen LogP contribution in [0.1, 0.15) is 106 Å². The molecule has 6 heteroatoms. The maximum Gasteiger partial charge on any atom is 0.164 e. The molecule has 19 aromatic rings. The summed E-state index contributed by atoms with van der Waals surface area (Å²) < 4.78 is 2.38. The molecule has 5 aliphatic rings. The minimum Gasteiger partial charge on any atom is -0.292 e. The van der Waals surface area contributed by atoms with Gasteiger partial charge in [0.15, 0.2) is 11.0 Å². The molecule has 0 saturated carbocycles. The van der Waals surface area contributed by atoms with Gasteiger partial charge in [0.2, 0.25) is 0 Å². The summed E-state index contributed by atoms with van der Waals surface area (Å²) in [6.45, 7) is 8.97. The first kappa shape index (κ1) is 68.1. The van der Waals surface area contributed by atoms with Crippen LogP contribution >= 0.6 is 11.6 Å². The van der Waals surface area contributed by atoms with Crippen molar-refractivity contribution in [2.75, 3.05) is 0 Å². The van der Waals surface area contributed by atoms with E-state index in [2.05, 4.69) is 408 Å². The topological polar surface area (TPSA) is 56.5 Å². The predicted octanol–water partition coefficient (Wildman–Crippen LogP) is 26.9. The van der Waals surface area contributed by atoms with Gasteiger partial charge in [-0.1, -0.05) is 379 Å². The Balaban J connectivity index is 0.000000120. The fourth-order valence-corrected chi connectivity index (χ4v) is 20.5. The molecule has 0 spiro atoms. The molecule has 0 atom stereocenters. The van der Waals surface area contributed by atoms with Crippen LogP contribution in [0.3, 0.4) is 0 Å². The minimum absolute atomic E-state index is 0.254. The van der Waals surface area contributed by atoms with E-state index in [-0.39, 0.29) is 10.8 Å². The highest BCUT2D eigenvalue weighted by atomic mass is 35.5. The molecule has 0 N–H and O–H groups in total. The highest BCUT2D eigenvalue weighted by Gasteiger charge is 2.49. The molecule has 0 fully saturated rings. The smallest absolute Gasteiger partial charge is 0.164 e. The Kier molecular flexibility index (Phi) is 15.5. The van der Waals surface area contributed by atoms with Crippen LogP contribution in [0.4, 0.5) is 0 Å². The highest BCUT2D eigenvalue weighted by molar-refractivity contribution is 6.32. The van der Waals surface area contributed by atoms with Crippen molar-refractivity contribution in [1.29, 1.82) is 0 Å². The van der Waals surface area contributed by atoms with Gasteiger partial charge in [-0.25, -0.2) is 19.9 Å². The lowest BCUT2D eigenvalue weighted by Crippen LogP contribution is -2.28. The second-order valence-corrected chi connectivity index (χ2v) is 32.7. The highest BCUT2D eigenvalue weighted by Crippen LogP contribution is 2.60. The third-order valence-electron chi connectivity index (χ3n) is 25.5. The number of rotatable bonds is 7. The molecule has 0 bridgehead atoms. The molecule has 544 valence electrons. The maximum absolute atomic E-state index is 6.98. The maximum atomic E-state index is 6.98. The quantitative estimate of drug-likeness (QED) is 0.160. The summed E-state index contributed by atoms with van der Waals surface area (Å²) in [4.78, 5) is 21.8. The third kappa shape index (κ3) is 10.2. The number of aromatic nitrogens is 5. The monoisotopic (exact) mass is 1490 g/mol. The number of fused-ring (bicyclic) bond motifs is 20. The van der Waals surface area contributed by atoms with Gasteiger partial charge in [0.1, 0.15) is 11.4 Å². The van der Waals surface area contributed by atoms with Gasteiger partial charge >= 0.3 is 0 Å². The molecular formula is C109H76ClN5. The molecule has 0 unspecified atom stereocenters. The minimum atomic E-state index is -0.533. The molecule has 5 nitrogen and oxygen atoms in total. The Labute approximate surface area is 674 Å². The lowest BCUT2D eigenvalue weighted by Gasteiger charge is -2.34. The van der Waals surface area contributed by atoms with Gasteiger partial charge in [0.25, 0.3) is 0 Å². The van der Waals surface area contributed by atoms with Crippen LogP contribution in [0.5, 0.6) is 0 Å². The van der Waals surface area contributed by atoms with Crippen molar-refractivity contribution in [3.05, 3.63) is 459 Å². The summed E-state index contributed by atoms with van der Waals surface area (Å²) in [6.07, 6.45) is 1.08. The number of benzene rings is 16. The summed E-state index contributed by atoms with van der Waals surface area (Å²) in [5, 5.41) is 7.94. The lowest BCUT2D eigenvalue weighted by molar-refractivity contribution is 0.633. The van der Waals surface area contributed by atoms with Gasteiger partial charge in [0, 0.05) is 43.9 Å². The third-order valence-corrected chi connectivity index (χ3v) is 25.8. The van der Waals surface area contributed by atoms with Crippen molar-refractivity contribution >= 4 is 55.0 Å². The Morgan fingerprint density at radius 2 is 0.652 bits per heavy atom. The van der Waals surface area contributed by atoms with E-state index in [0.29, 0.717) is 10.8 Å². The van der Waals surface area contributed by atoms with E-state index in [9.17, 15) is 0 Å². The van der Waals surface area contributed by atoms with Gasteiger partial charge in [-0.15, -0.1) is 0 Å². The fourth-order valence-electron chi connectivity index (χ4n) is 20.2. The molecule has 5 aliphatic carbocycles. The van der Waals surface area contributed by atoms with Crippen LogP contribution < -0.4 is 0 Å². The van der Waals surface area contributed by atoms with E-state index in [1.165, 1.54) is 132 Å². The van der Waals surface area contributed by atoms with Crippen molar-refractivity contribution in [2.24, 2.45) is 0 Å². The Morgan fingerprint density at radius 1 is 0.261 bits per heavy atom. The van der Waals surface area contributed by atoms with Gasteiger partial charge in [0.05, 0.1) is 44.6 Å². The predicted molar refractivity (Wildman–Crippen MR) is 474 cm³/mol. The molecule has 3 aromatic heterocycles. The summed E-state index contributed by atoms with van der Waals surface area (Å²) in [6, 6.07) is 136. The Bertz CT molecular complexity index is 7120. The van der Waals surface area contributed by atoms with Gasteiger partial charge in [-0.2, -0.15) is 0 Å². The Morgan fingerprint density at radius 3 is 1.18 bits per heavy atom. The zero-order valence-electron chi connectivity index (χ0n) is 64.1. The molecule has 115 heavy (non-hydrogen) atoms. The van der Waals surface area contributed by atoms with Crippen LogP contribution in [0.2, 0.25) is 5.15 Å². The molecule has 0 amide bonds. The average molecular weight is 1490 g/mol. The summed E-state index contributed by atoms with van der Waals surface area (Å²) in [5.74, 6) is 0.844. The zero-order chi connectivity index (χ0) is 76.9. The normalized spacial score (nSPS) is 14.4. The molecule has 16 aromatic carbocycles.